The van der Waals surface area contributed by atoms with Crippen molar-refractivity contribution in [3.05, 3.63) is 146 Å². The molecule has 0 amide bonds. The molecule has 54 heavy (non-hydrogen) atoms. The van der Waals surface area contributed by atoms with E-state index in [2.05, 4.69) is 25.6 Å². The van der Waals surface area contributed by atoms with Gasteiger partial charge in [-0.2, -0.15) is 0 Å². The van der Waals surface area contributed by atoms with Crippen molar-refractivity contribution in [2.24, 2.45) is 0 Å². The topological polar surface area (TPSA) is 27.6 Å². The average molecular weight is 801 g/mol. The molecule has 0 saturated heterocycles. The quantitative estimate of drug-likeness (QED) is 0.0877. The molecule has 0 saturated carbocycles. The van der Waals surface area contributed by atoms with Crippen LogP contribution in [0.15, 0.2) is 18.2 Å². The summed E-state index contributed by atoms with van der Waals surface area (Å²) in [4.78, 5) is 0. The van der Waals surface area contributed by atoms with Gasteiger partial charge in [-0.15, -0.1) is 21.9 Å². The Morgan fingerprint density at radius 1 is 0.315 bits per heavy atom. The zero-order valence-corrected chi connectivity index (χ0v) is 26.1. The first-order valence-electron chi connectivity index (χ1n) is 14.0. The highest BCUT2D eigenvalue weighted by Crippen LogP contribution is 2.30. The van der Waals surface area contributed by atoms with Crippen LogP contribution >= 0.6 is 0 Å². The first kappa shape index (κ1) is 41.5. The Morgan fingerprint density at radius 3 is 0.667 bits per heavy atom. The smallest absolute Gasteiger partial charge is 0.200 e. The molecule has 22 heteroatoms. The van der Waals surface area contributed by atoms with Crippen LogP contribution in [0.25, 0.3) is 0 Å². The van der Waals surface area contributed by atoms with Crippen molar-refractivity contribution in [1.29, 1.82) is 0 Å². The molecular formula is C32H12BF20N. The predicted molar refractivity (Wildman–Crippen MR) is 148 cm³/mol. The summed E-state index contributed by atoms with van der Waals surface area (Å²) in [5.74, 6) is -71.4. The molecule has 0 aliphatic rings. The first-order chi connectivity index (χ1) is 24.9. The van der Waals surface area contributed by atoms with Crippen molar-refractivity contribution in [1.82, 2.24) is 0 Å². The number of quaternary nitrogens is 1. The fourth-order valence-corrected chi connectivity index (χ4v) is 5.69. The molecule has 5 aromatic carbocycles. The molecule has 0 radical (unpaired) electrons. The lowest BCUT2D eigenvalue weighted by molar-refractivity contribution is -0.255. The molecule has 0 fully saturated rings. The fourth-order valence-electron chi connectivity index (χ4n) is 5.69. The summed E-state index contributed by atoms with van der Waals surface area (Å²) in [6.07, 6.45) is -7.22. The summed E-state index contributed by atoms with van der Waals surface area (Å²) in [6, 6.07) is 6.16. The fraction of sp³-hybridized carbons (Fsp3) is 0.0625. The monoisotopic (exact) mass is 801 g/mol. The second-order valence-corrected chi connectivity index (χ2v) is 11.2. The Bertz CT molecular complexity index is 1980. The van der Waals surface area contributed by atoms with Gasteiger partial charge < -0.3 is 5.73 Å². The van der Waals surface area contributed by atoms with E-state index in [1.54, 1.807) is 0 Å². The molecule has 0 heterocycles. The van der Waals surface area contributed by atoms with E-state index in [0.717, 1.165) is 5.69 Å². The van der Waals surface area contributed by atoms with E-state index in [0.29, 0.717) is 0 Å². The largest absolute Gasteiger partial charge is 0.325 e. The third-order valence-electron chi connectivity index (χ3n) is 8.42. The van der Waals surface area contributed by atoms with E-state index in [1.807, 2.05) is 12.1 Å². The van der Waals surface area contributed by atoms with Gasteiger partial charge in [-0.3, -0.25) is 0 Å². The van der Waals surface area contributed by atoms with E-state index >= 15 is 35.1 Å². The Hall–Kier alpha value is -5.28. The van der Waals surface area contributed by atoms with Gasteiger partial charge in [-0.05, 0) is 25.5 Å². The summed E-state index contributed by atoms with van der Waals surface area (Å²) in [7, 11) is 0. The molecule has 288 valence electrons. The molecule has 0 aliphatic heterocycles. The molecule has 0 bridgehead atoms. The van der Waals surface area contributed by atoms with Gasteiger partial charge in [0.1, 0.15) is 58.4 Å². The van der Waals surface area contributed by atoms with Crippen LogP contribution in [0, 0.1) is 130 Å². The zero-order valence-electron chi connectivity index (χ0n) is 26.1. The Balaban J connectivity index is 0.000000631. The lowest BCUT2D eigenvalue weighted by atomic mass is 9.12. The minimum absolute atomic E-state index is 1.13. The van der Waals surface area contributed by atoms with Crippen LogP contribution in [0.3, 0.4) is 0 Å². The van der Waals surface area contributed by atoms with Crippen LogP contribution in [0.4, 0.5) is 93.5 Å². The van der Waals surface area contributed by atoms with Gasteiger partial charge in [0.25, 0.3) is 0 Å². The maximum Gasteiger partial charge on any atom is 0.200 e. The third kappa shape index (κ3) is 5.90. The van der Waals surface area contributed by atoms with Gasteiger partial charge in [-0.1, -0.05) is 12.1 Å². The maximum absolute atomic E-state index is 15.4. The summed E-state index contributed by atoms with van der Waals surface area (Å²) < 4.78 is 294. The van der Waals surface area contributed by atoms with Crippen molar-refractivity contribution >= 4 is 33.7 Å². The van der Waals surface area contributed by atoms with Crippen LogP contribution in [0.1, 0.15) is 11.1 Å². The van der Waals surface area contributed by atoms with Crippen molar-refractivity contribution in [3.63, 3.8) is 0 Å². The Labute approximate surface area is 287 Å². The van der Waals surface area contributed by atoms with Crippen LogP contribution in [0.5, 0.6) is 0 Å². The molecule has 5 aromatic rings. The van der Waals surface area contributed by atoms with Crippen LogP contribution in [0.2, 0.25) is 0 Å². The number of hydrogen-bond acceptors (Lipinski definition) is 0. The summed E-state index contributed by atoms with van der Waals surface area (Å²) in [6.45, 7) is 4.20. The summed E-state index contributed by atoms with van der Waals surface area (Å²) in [5, 5.41) is 0. The normalized spacial score (nSPS) is 11.6. The predicted octanol–water partition coefficient (Wildman–Crippen LogP) is 7.02. The highest BCUT2D eigenvalue weighted by Gasteiger charge is 2.52. The number of rotatable bonds is 4. The average Bonchev–Trinajstić information content (AvgIpc) is 3.13. The third-order valence-corrected chi connectivity index (χ3v) is 8.42. The molecule has 3 N–H and O–H groups in total. The molecular weight excluding hydrogens is 789 g/mol. The minimum atomic E-state index is -7.22. The summed E-state index contributed by atoms with van der Waals surface area (Å²) >= 11 is 0. The maximum atomic E-state index is 15.4. The van der Waals surface area contributed by atoms with Crippen molar-refractivity contribution < 1.29 is 93.5 Å². The van der Waals surface area contributed by atoms with Crippen LogP contribution < -0.4 is 27.6 Å². The molecule has 0 spiro atoms. The molecule has 0 atom stereocenters. The molecule has 0 aromatic heterocycles. The molecule has 1 nitrogen and oxygen atoms in total. The van der Waals surface area contributed by atoms with Crippen molar-refractivity contribution in [3.8, 4) is 0 Å². The molecule has 0 aliphatic carbocycles. The second kappa shape index (κ2) is 14.5. The highest BCUT2D eigenvalue weighted by atomic mass is 19.2. The zero-order chi connectivity index (χ0) is 41.2. The van der Waals surface area contributed by atoms with Crippen LogP contribution in [-0.2, 0) is 0 Å². The van der Waals surface area contributed by atoms with Crippen molar-refractivity contribution in [2.45, 2.75) is 13.8 Å². The van der Waals surface area contributed by atoms with Crippen LogP contribution in [-0.4, -0.2) is 6.15 Å². The number of aryl methyl sites for hydroxylation is 1. The highest BCUT2D eigenvalue weighted by molar-refractivity contribution is 7.20. The van der Waals surface area contributed by atoms with E-state index in [4.69, 9.17) is 0 Å². The van der Waals surface area contributed by atoms with Gasteiger partial charge in [0.05, 0.1) is 0 Å². The van der Waals surface area contributed by atoms with Gasteiger partial charge in [0.2, 0.25) is 0 Å². The minimum Gasteiger partial charge on any atom is -0.325 e. The lowest BCUT2D eigenvalue weighted by Gasteiger charge is -2.44. The van der Waals surface area contributed by atoms with Gasteiger partial charge in [0, 0.05) is 5.56 Å². The number of hydrogen-bond donors (Lipinski definition) is 1. The van der Waals surface area contributed by atoms with E-state index < -0.39 is 144 Å². The Morgan fingerprint density at radius 2 is 0.500 bits per heavy atom. The SMILES string of the molecule is Cc1cccc([NH3+])c1C.Fc1c(F)c(F)c([B-](c2c(F)c(F)c(F)c(F)c2F)(c2c(F)c(F)c(F)c(F)c2F)c2c(F)c(F)c(F)c(F)c2F)c(F)c1F. The van der Waals surface area contributed by atoms with Gasteiger partial charge in [-0.25, -0.2) is 87.8 Å². The second-order valence-electron chi connectivity index (χ2n) is 11.2. The number of benzene rings is 5. The van der Waals surface area contributed by atoms with Gasteiger partial charge >= 0.3 is 0 Å². The first-order valence-corrected chi connectivity index (χ1v) is 14.0. The van der Waals surface area contributed by atoms with E-state index in [9.17, 15) is 52.7 Å². The number of halogens is 20. The van der Waals surface area contributed by atoms with E-state index in [1.165, 1.54) is 11.1 Å². The molecule has 0 unspecified atom stereocenters. The Kier molecular flexibility index (Phi) is 11.1. The molecule has 5 rings (SSSR count). The van der Waals surface area contributed by atoms with Gasteiger partial charge in [0.15, 0.2) is 69.8 Å². The summed E-state index contributed by atoms with van der Waals surface area (Å²) in [5.41, 5.74) is -6.69. The lowest BCUT2D eigenvalue weighted by Crippen LogP contribution is -2.81. The van der Waals surface area contributed by atoms with Crippen molar-refractivity contribution in [2.75, 3.05) is 0 Å². The van der Waals surface area contributed by atoms with E-state index in [-0.39, 0.29) is 0 Å². The standard InChI is InChI=1S/C24BF20.C8H11N/c26-5-1(6(27)14(35)21(42)13(5)34)25(2-7(28)15(36)22(43)16(37)8(2)29,3-9(30)17(38)23(44)18(39)10(3)31)4-11(32)19(40)24(45)20(41)12(4)33;1-6-4-3-5-8(9)7(6)2/h;3-5H,9H2,1-2H3/q-1;/p+1.